The molecule has 0 saturated heterocycles. The molecule has 3 N–H and O–H groups in total. The standard InChI is InChI=1S/C30H35F3N4O5S/c1-2-43(40,41)23-12-5-19(6-13-23)25(17-42-29(34)39)36-28(38)20-7-14-26-24(16-20)35-27(37(26)22-10-11-22)15-18-3-8-21(9-4-18)30(31,32)33/h5-7,12-14,16,18,21-22,25H,2-4,8-11,15,17H2,1H3,(H2,34,39)(H,36,38)/t18?,21?,25-/m1/s1. The number of carbonyl (C=O) groups excluding carboxylic acids is 2. The summed E-state index contributed by atoms with van der Waals surface area (Å²) in [4.78, 5) is 29.6. The Morgan fingerprint density at radius 3 is 2.33 bits per heavy atom. The van der Waals surface area contributed by atoms with Crippen LogP contribution in [0.15, 0.2) is 47.4 Å². The van der Waals surface area contributed by atoms with Gasteiger partial charge in [-0.1, -0.05) is 19.1 Å². The van der Waals surface area contributed by atoms with Gasteiger partial charge in [0.2, 0.25) is 0 Å². The molecule has 13 heteroatoms. The van der Waals surface area contributed by atoms with Crippen LogP contribution < -0.4 is 11.1 Å². The lowest BCUT2D eigenvalue weighted by Crippen LogP contribution is -2.33. The molecule has 0 bridgehead atoms. The second-order valence-corrected chi connectivity index (χ2v) is 13.7. The molecule has 2 saturated carbocycles. The van der Waals surface area contributed by atoms with Gasteiger partial charge in [-0.3, -0.25) is 4.79 Å². The highest BCUT2D eigenvalue weighted by atomic mass is 32.2. The van der Waals surface area contributed by atoms with Crippen LogP contribution >= 0.6 is 0 Å². The average molecular weight is 621 g/mol. The Morgan fingerprint density at radius 1 is 1.07 bits per heavy atom. The van der Waals surface area contributed by atoms with Gasteiger partial charge in [0.1, 0.15) is 12.4 Å². The first-order chi connectivity index (χ1) is 20.4. The Kier molecular flexibility index (Phi) is 8.73. The molecule has 0 radical (unpaired) electrons. The van der Waals surface area contributed by atoms with Gasteiger partial charge in [0.15, 0.2) is 9.84 Å². The fourth-order valence-electron chi connectivity index (χ4n) is 5.83. The molecule has 43 heavy (non-hydrogen) atoms. The van der Waals surface area contributed by atoms with Crippen molar-refractivity contribution in [1.82, 2.24) is 14.9 Å². The number of primary amides is 1. The Labute approximate surface area is 247 Å². The minimum Gasteiger partial charge on any atom is -0.447 e. The fourth-order valence-corrected chi connectivity index (χ4v) is 6.71. The molecule has 2 amide bonds. The van der Waals surface area contributed by atoms with Gasteiger partial charge in [0.05, 0.1) is 33.6 Å². The van der Waals surface area contributed by atoms with Crippen LogP contribution in [0.4, 0.5) is 18.0 Å². The summed E-state index contributed by atoms with van der Waals surface area (Å²) in [5.41, 5.74) is 7.48. The number of halogens is 3. The lowest BCUT2D eigenvalue weighted by molar-refractivity contribution is -0.183. The van der Waals surface area contributed by atoms with E-state index in [-0.39, 0.29) is 36.0 Å². The molecule has 1 atom stereocenters. The van der Waals surface area contributed by atoms with E-state index in [1.807, 2.05) is 6.07 Å². The zero-order valence-corrected chi connectivity index (χ0v) is 24.6. The smallest absolute Gasteiger partial charge is 0.404 e. The van der Waals surface area contributed by atoms with Crippen molar-refractivity contribution in [3.63, 3.8) is 0 Å². The lowest BCUT2D eigenvalue weighted by atomic mass is 9.80. The third-order valence-corrected chi connectivity index (χ3v) is 10.2. The topological polar surface area (TPSA) is 133 Å². The molecule has 9 nitrogen and oxygen atoms in total. The Bertz CT molecular complexity index is 1590. The lowest BCUT2D eigenvalue weighted by Gasteiger charge is -2.29. The monoisotopic (exact) mass is 620 g/mol. The van der Waals surface area contributed by atoms with Crippen LogP contribution in [0.2, 0.25) is 0 Å². The van der Waals surface area contributed by atoms with Crippen molar-refractivity contribution in [2.24, 2.45) is 17.6 Å². The number of amides is 2. The molecule has 0 aliphatic heterocycles. The number of alkyl halides is 3. The van der Waals surface area contributed by atoms with Crippen LogP contribution in [0.3, 0.4) is 0 Å². The summed E-state index contributed by atoms with van der Waals surface area (Å²) < 4.78 is 71.0. The van der Waals surface area contributed by atoms with Crippen molar-refractivity contribution >= 4 is 32.9 Å². The third-order valence-electron chi connectivity index (χ3n) is 8.44. The Hall–Kier alpha value is -3.61. The highest BCUT2D eigenvalue weighted by molar-refractivity contribution is 7.91. The molecule has 0 spiro atoms. The van der Waals surface area contributed by atoms with Gasteiger partial charge in [-0.25, -0.2) is 18.2 Å². The van der Waals surface area contributed by atoms with E-state index in [1.54, 1.807) is 31.2 Å². The number of ether oxygens (including phenoxy) is 1. The zero-order valence-electron chi connectivity index (χ0n) is 23.8. The largest absolute Gasteiger partial charge is 0.447 e. The second-order valence-electron chi connectivity index (χ2n) is 11.4. The van der Waals surface area contributed by atoms with Crippen molar-refractivity contribution in [1.29, 1.82) is 0 Å². The maximum Gasteiger partial charge on any atom is 0.404 e. The molecule has 2 aliphatic rings. The normalized spacial score (nSPS) is 20.1. The molecule has 5 rings (SSSR count). The average Bonchev–Trinajstić information content (AvgIpc) is 3.75. The number of carbonyl (C=O) groups is 2. The SMILES string of the molecule is CCS(=O)(=O)c1ccc([C@@H](COC(N)=O)NC(=O)c2ccc3c(c2)nc(CC2CCC(C(F)(F)F)CC2)n3C2CC2)cc1. The van der Waals surface area contributed by atoms with E-state index in [0.29, 0.717) is 41.9 Å². The Morgan fingerprint density at radius 2 is 1.74 bits per heavy atom. The molecule has 1 heterocycles. The number of nitrogens with zero attached hydrogens (tertiary/aromatic N) is 2. The molecule has 1 aromatic heterocycles. The molecular formula is C30H35F3N4O5S. The first-order valence-corrected chi connectivity index (χ1v) is 16.1. The highest BCUT2D eigenvalue weighted by Gasteiger charge is 2.41. The molecular weight excluding hydrogens is 585 g/mol. The number of hydrogen-bond acceptors (Lipinski definition) is 6. The van der Waals surface area contributed by atoms with Crippen molar-refractivity contribution < 1.29 is 35.9 Å². The number of aromatic nitrogens is 2. The van der Waals surface area contributed by atoms with Gasteiger partial charge in [0.25, 0.3) is 5.91 Å². The summed E-state index contributed by atoms with van der Waals surface area (Å²) in [6.07, 6.45) is -1.28. The van der Waals surface area contributed by atoms with Gasteiger partial charge < -0.3 is 20.4 Å². The minimum absolute atomic E-state index is 0.0584. The van der Waals surface area contributed by atoms with E-state index in [4.69, 9.17) is 15.5 Å². The van der Waals surface area contributed by atoms with Gasteiger partial charge in [-0.15, -0.1) is 0 Å². The number of benzene rings is 2. The number of nitrogens with two attached hydrogens (primary N) is 1. The van der Waals surface area contributed by atoms with Crippen LogP contribution in [0.25, 0.3) is 11.0 Å². The number of hydrogen-bond donors (Lipinski definition) is 2. The third kappa shape index (κ3) is 7.14. The fraction of sp³-hybridized carbons (Fsp3) is 0.500. The highest BCUT2D eigenvalue weighted by Crippen LogP contribution is 2.43. The van der Waals surface area contributed by atoms with Crippen LogP contribution in [0, 0.1) is 11.8 Å². The van der Waals surface area contributed by atoms with Crippen LogP contribution in [-0.2, 0) is 21.0 Å². The summed E-state index contributed by atoms with van der Waals surface area (Å²) in [6, 6.07) is 10.6. The van der Waals surface area contributed by atoms with Gasteiger partial charge in [-0.2, -0.15) is 13.2 Å². The molecule has 2 fully saturated rings. The number of rotatable bonds is 10. The van der Waals surface area contributed by atoms with Gasteiger partial charge >= 0.3 is 12.3 Å². The van der Waals surface area contributed by atoms with E-state index < -0.39 is 40.0 Å². The summed E-state index contributed by atoms with van der Waals surface area (Å²) in [5.74, 6) is -0.789. The van der Waals surface area contributed by atoms with Crippen LogP contribution in [0.5, 0.6) is 0 Å². The van der Waals surface area contributed by atoms with Crippen LogP contribution in [0.1, 0.15) is 79.3 Å². The van der Waals surface area contributed by atoms with E-state index in [0.717, 1.165) is 24.2 Å². The molecule has 2 aromatic carbocycles. The summed E-state index contributed by atoms with van der Waals surface area (Å²) in [7, 11) is -3.42. The maximum atomic E-state index is 13.4. The van der Waals surface area contributed by atoms with E-state index in [2.05, 4.69) is 9.88 Å². The predicted octanol–water partition coefficient (Wildman–Crippen LogP) is 5.64. The van der Waals surface area contributed by atoms with E-state index >= 15 is 0 Å². The Balaban J connectivity index is 1.35. The van der Waals surface area contributed by atoms with E-state index in [1.165, 1.54) is 12.1 Å². The molecule has 0 unspecified atom stereocenters. The van der Waals surface area contributed by atoms with Crippen molar-refractivity contribution in [2.75, 3.05) is 12.4 Å². The quantitative estimate of drug-likeness (QED) is 0.301. The first kappa shape index (κ1) is 30.8. The van der Waals surface area contributed by atoms with Crippen LogP contribution in [-0.4, -0.2) is 48.5 Å². The summed E-state index contributed by atoms with van der Waals surface area (Å²) in [6.45, 7) is 1.28. The summed E-state index contributed by atoms with van der Waals surface area (Å²) in [5, 5.41) is 2.83. The number of imidazole rings is 1. The predicted molar refractivity (Wildman–Crippen MR) is 153 cm³/mol. The second kappa shape index (κ2) is 12.2. The zero-order chi connectivity index (χ0) is 30.9. The van der Waals surface area contributed by atoms with Crippen molar-refractivity contribution in [3.05, 3.63) is 59.4 Å². The summed E-state index contributed by atoms with van der Waals surface area (Å²) >= 11 is 0. The van der Waals surface area contributed by atoms with Gasteiger partial charge in [0, 0.05) is 18.0 Å². The molecule has 3 aromatic rings. The number of nitrogens with one attached hydrogen (secondary N) is 1. The van der Waals surface area contributed by atoms with Crippen molar-refractivity contribution in [3.8, 4) is 0 Å². The van der Waals surface area contributed by atoms with Gasteiger partial charge in [-0.05, 0) is 80.3 Å². The first-order valence-electron chi connectivity index (χ1n) is 14.5. The number of sulfone groups is 1. The maximum absolute atomic E-state index is 13.4. The van der Waals surface area contributed by atoms with E-state index in [9.17, 15) is 31.2 Å². The molecule has 232 valence electrons. The molecule has 2 aliphatic carbocycles. The van der Waals surface area contributed by atoms with Crippen molar-refractivity contribution in [2.45, 2.75) is 75.0 Å². The number of fused-ring (bicyclic) bond motifs is 1. The minimum atomic E-state index is -4.15.